The minimum absolute atomic E-state index is 0.132. The van der Waals surface area contributed by atoms with Gasteiger partial charge in [0.1, 0.15) is 0 Å². The zero-order valence-electron chi connectivity index (χ0n) is 13.7. The van der Waals surface area contributed by atoms with Crippen LogP contribution in [0.4, 0.5) is 11.4 Å². The number of hydrazone groups is 1. The molecular formula is C18H20N4O2. The highest BCUT2D eigenvalue weighted by molar-refractivity contribution is 6.01. The van der Waals surface area contributed by atoms with E-state index in [1.807, 2.05) is 42.5 Å². The van der Waals surface area contributed by atoms with Crippen LogP contribution in [0.2, 0.25) is 0 Å². The van der Waals surface area contributed by atoms with Gasteiger partial charge in [0.05, 0.1) is 12.3 Å². The first-order valence-corrected chi connectivity index (χ1v) is 7.54. The molecule has 3 N–H and O–H groups in total. The predicted molar refractivity (Wildman–Crippen MR) is 96.0 cm³/mol. The fraction of sp³-hybridized carbons (Fsp3) is 0.167. The van der Waals surface area contributed by atoms with Gasteiger partial charge in [0, 0.05) is 18.3 Å². The first-order chi connectivity index (χ1) is 11.5. The maximum atomic E-state index is 11.8. The number of hydrogen-bond donors (Lipinski definition) is 3. The predicted octanol–water partition coefficient (Wildman–Crippen LogP) is 2.60. The molecular weight excluding hydrogens is 304 g/mol. The quantitative estimate of drug-likeness (QED) is 0.564. The van der Waals surface area contributed by atoms with E-state index in [-0.39, 0.29) is 18.4 Å². The number of anilines is 2. The molecule has 0 bridgehead atoms. The van der Waals surface area contributed by atoms with Gasteiger partial charge < -0.3 is 10.6 Å². The highest BCUT2D eigenvalue weighted by atomic mass is 16.2. The Morgan fingerprint density at radius 1 is 0.958 bits per heavy atom. The van der Waals surface area contributed by atoms with Gasteiger partial charge in [0.25, 0.3) is 5.91 Å². The van der Waals surface area contributed by atoms with Crippen LogP contribution in [0.3, 0.4) is 0 Å². The molecule has 2 aromatic rings. The molecule has 0 fully saturated rings. The minimum Gasteiger partial charge on any atom is -0.376 e. The first-order valence-electron chi connectivity index (χ1n) is 7.54. The highest BCUT2D eigenvalue weighted by Gasteiger charge is 2.03. The van der Waals surface area contributed by atoms with Crippen molar-refractivity contribution < 1.29 is 9.59 Å². The number of amides is 2. The van der Waals surface area contributed by atoms with Crippen molar-refractivity contribution in [1.29, 1.82) is 0 Å². The van der Waals surface area contributed by atoms with Crippen LogP contribution in [0.5, 0.6) is 0 Å². The van der Waals surface area contributed by atoms with Crippen LogP contribution in [-0.2, 0) is 9.59 Å². The number of nitrogens with one attached hydrogen (secondary N) is 3. The third-order valence-electron chi connectivity index (χ3n) is 3.18. The lowest BCUT2D eigenvalue weighted by Gasteiger charge is -2.07. The van der Waals surface area contributed by atoms with Gasteiger partial charge >= 0.3 is 0 Å². The lowest BCUT2D eigenvalue weighted by molar-refractivity contribution is -0.119. The maximum Gasteiger partial charge on any atom is 0.259 e. The smallest absolute Gasteiger partial charge is 0.259 e. The van der Waals surface area contributed by atoms with Crippen molar-refractivity contribution in [3.63, 3.8) is 0 Å². The Labute approximate surface area is 141 Å². The third kappa shape index (κ3) is 5.57. The van der Waals surface area contributed by atoms with Crippen LogP contribution < -0.4 is 16.1 Å². The molecule has 124 valence electrons. The molecule has 0 radical (unpaired) electrons. The Balaban J connectivity index is 1.91. The van der Waals surface area contributed by atoms with E-state index in [4.69, 9.17) is 0 Å². The Bertz CT molecular complexity index is 742. The second-order valence-corrected chi connectivity index (χ2v) is 5.21. The molecule has 0 saturated heterocycles. The van der Waals surface area contributed by atoms with Crippen LogP contribution in [-0.4, -0.2) is 24.1 Å². The largest absolute Gasteiger partial charge is 0.376 e. The molecule has 24 heavy (non-hydrogen) atoms. The summed E-state index contributed by atoms with van der Waals surface area (Å²) in [7, 11) is 0. The fourth-order valence-electron chi connectivity index (χ4n) is 2.01. The van der Waals surface area contributed by atoms with Gasteiger partial charge in [-0.05, 0) is 36.8 Å². The average molecular weight is 324 g/mol. The molecule has 0 aliphatic rings. The summed E-state index contributed by atoms with van der Waals surface area (Å²) in [6.45, 7) is 3.37. The van der Waals surface area contributed by atoms with E-state index in [1.165, 1.54) is 6.92 Å². The van der Waals surface area contributed by atoms with Crippen molar-refractivity contribution in [3.05, 3.63) is 60.2 Å². The molecule has 6 nitrogen and oxygen atoms in total. The van der Waals surface area contributed by atoms with Gasteiger partial charge in [-0.1, -0.05) is 30.3 Å². The van der Waals surface area contributed by atoms with E-state index in [9.17, 15) is 9.59 Å². The van der Waals surface area contributed by atoms with E-state index in [0.717, 1.165) is 11.3 Å². The first kappa shape index (κ1) is 17.2. The Hall–Kier alpha value is -3.15. The van der Waals surface area contributed by atoms with Crippen molar-refractivity contribution in [3.8, 4) is 0 Å². The molecule has 2 rings (SSSR count). The molecule has 0 aromatic heterocycles. The summed E-state index contributed by atoms with van der Waals surface area (Å²) < 4.78 is 0. The lowest BCUT2D eigenvalue weighted by Crippen LogP contribution is -2.26. The number of carbonyl (C=O) groups excluding carboxylic acids is 2. The molecule has 0 spiro atoms. The van der Waals surface area contributed by atoms with Crippen molar-refractivity contribution in [2.45, 2.75) is 13.8 Å². The summed E-state index contributed by atoms with van der Waals surface area (Å²) in [6.07, 6.45) is 0. The van der Waals surface area contributed by atoms with Gasteiger partial charge in [0.15, 0.2) is 0 Å². The van der Waals surface area contributed by atoms with Crippen molar-refractivity contribution in [2.75, 3.05) is 17.2 Å². The molecule has 0 atom stereocenters. The zero-order valence-corrected chi connectivity index (χ0v) is 13.7. The minimum atomic E-state index is -0.240. The summed E-state index contributed by atoms with van der Waals surface area (Å²) in [4.78, 5) is 22.9. The SMILES string of the molecule is CC(=O)Nc1cccc(/C(C)=N/NC(=O)CNc2ccccc2)c1. The Morgan fingerprint density at radius 2 is 1.67 bits per heavy atom. The number of rotatable bonds is 6. The third-order valence-corrected chi connectivity index (χ3v) is 3.18. The number of nitrogens with zero attached hydrogens (tertiary/aromatic N) is 1. The lowest BCUT2D eigenvalue weighted by atomic mass is 10.1. The van der Waals surface area contributed by atoms with Crippen LogP contribution in [0.25, 0.3) is 0 Å². The number of benzene rings is 2. The number of hydrogen-bond acceptors (Lipinski definition) is 4. The van der Waals surface area contributed by atoms with Crippen LogP contribution in [0, 0.1) is 0 Å². The van der Waals surface area contributed by atoms with Gasteiger partial charge in [-0.3, -0.25) is 9.59 Å². The van der Waals surface area contributed by atoms with E-state index in [2.05, 4.69) is 21.2 Å². The molecule has 0 aliphatic heterocycles. The van der Waals surface area contributed by atoms with Gasteiger partial charge in [-0.2, -0.15) is 5.10 Å². The fourth-order valence-corrected chi connectivity index (χ4v) is 2.01. The molecule has 2 aromatic carbocycles. The maximum absolute atomic E-state index is 11.8. The number of para-hydroxylation sites is 1. The summed E-state index contributed by atoms with van der Waals surface area (Å²) in [6, 6.07) is 16.7. The normalized spacial score (nSPS) is 10.8. The molecule has 0 aliphatic carbocycles. The molecule has 6 heteroatoms. The van der Waals surface area contributed by atoms with Crippen LogP contribution in [0.15, 0.2) is 59.7 Å². The summed E-state index contributed by atoms with van der Waals surface area (Å²) in [5.74, 6) is -0.377. The molecule has 0 saturated carbocycles. The standard InChI is InChI=1S/C18H20N4O2/c1-13(15-7-6-10-17(11-15)20-14(2)23)21-22-18(24)12-19-16-8-4-3-5-9-16/h3-11,19H,12H2,1-2H3,(H,20,23)(H,22,24)/b21-13+. The number of carbonyl (C=O) groups is 2. The van der Waals surface area contributed by atoms with E-state index in [0.29, 0.717) is 11.4 Å². The molecule has 0 unspecified atom stereocenters. The van der Waals surface area contributed by atoms with Crippen molar-refractivity contribution in [2.24, 2.45) is 5.10 Å². The zero-order chi connectivity index (χ0) is 17.4. The molecule has 2 amide bonds. The monoisotopic (exact) mass is 324 g/mol. The van der Waals surface area contributed by atoms with Gasteiger partial charge in [-0.25, -0.2) is 5.43 Å². The summed E-state index contributed by atoms with van der Waals surface area (Å²) >= 11 is 0. The second kappa shape index (κ2) is 8.47. The van der Waals surface area contributed by atoms with Crippen molar-refractivity contribution in [1.82, 2.24) is 5.43 Å². The van der Waals surface area contributed by atoms with Gasteiger partial charge in [0.2, 0.25) is 5.91 Å². The topological polar surface area (TPSA) is 82.6 Å². The highest BCUT2D eigenvalue weighted by Crippen LogP contribution is 2.11. The second-order valence-electron chi connectivity index (χ2n) is 5.21. The van der Waals surface area contributed by atoms with E-state index >= 15 is 0 Å². The van der Waals surface area contributed by atoms with E-state index < -0.39 is 0 Å². The van der Waals surface area contributed by atoms with Crippen LogP contribution in [0.1, 0.15) is 19.4 Å². The van der Waals surface area contributed by atoms with Crippen molar-refractivity contribution >= 4 is 28.9 Å². The Morgan fingerprint density at radius 3 is 2.38 bits per heavy atom. The molecule has 0 heterocycles. The summed E-state index contributed by atoms with van der Waals surface area (Å²) in [5.41, 5.74) is 5.53. The Kier molecular flexibility index (Phi) is 6.08. The van der Waals surface area contributed by atoms with Gasteiger partial charge in [-0.15, -0.1) is 0 Å². The average Bonchev–Trinajstić information content (AvgIpc) is 2.58. The van der Waals surface area contributed by atoms with E-state index in [1.54, 1.807) is 19.1 Å². The summed E-state index contributed by atoms with van der Waals surface area (Å²) in [5, 5.41) is 9.81. The van der Waals surface area contributed by atoms with Crippen LogP contribution >= 0.6 is 0 Å².